The van der Waals surface area contributed by atoms with E-state index in [0.717, 1.165) is 25.7 Å². The quantitative estimate of drug-likeness (QED) is 0.638. The van der Waals surface area contributed by atoms with Crippen molar-refractivity contribution in [1.82, 2.24) is 0 Å². The zero-order valence-electron chi connectivity index (χ0n) is 13.7. The second kappa shape index (κ2) is 9.62. The fourth-order valence-corrected chi connectivity index (χ4v) is 2.53. The average Bonchev–Trinajstić information content (AvgIpc) is 2.58. The molecule has 1 atom stereocenters. The summed E-state index contributed by atoms with van der Waals surface area (Å²) >= 11 is 0. The van der Waals surface area contributed by atoms with Crippen molar-refractivity contribution in [2.75, 3.05) is 0 Å². The fraction of sp³-hybridized carbons (Fsp3) is 0.286. The molecule has 0 radical (unpaired) electrons. The summed E-state index contributed by atoms with van der Waals surface area (Å²) in [7, 11) is 0. The van der Waals surface area contributed by atoms with Crippen LogP contribution in [0, 0.1) is 0 Å². The Morgan fingerprint density at radius 2 is 1.65 bits per heavy atom. The molecule has 0 aliphatic rings. The Morgan fingerprint density at radius 3 is 2.30 bits per heavy atom. The van der Waals surface area contributed by atoms with Gasteiger partial charge in [0.1, 0.15) is 6.10 Å². The van der Waals surface area contributed by atoms with E-state index in [-0.39, 0.29) is 12.1 Å². The van der Waals surface area contributed by atoms with Gasteiger partial charge in [-0.1, -0.05) is 72.8 Å². The molecule has 0 aromatic heterocycles. The minimum Gasteiger partial charge on any atom is -0.463 e. The van der Waals surface area contributed by atoms with Gasteiger partial charge >= 0.3 is 5.97 Å². The molecule has 0 fully saturated rings. The SMILES string of the molecule is CC(=O)O[C@@H](CC/C=C/c1ccccc1)CCc1ccccc1. The van der Waals surface area contributed by atoms with Gasteiger partial charge in [-0.25, -0.2) is 0 Å². The monoisotopic (exact) mass is 308 g/mol. The van der Waals surface area contributed by atoms with Crippen LogP contribution in [-0.2, 0) is 16.0 Å². The van der Waals surface area contributed by atoms with Gasteiger partial charge in [0.05, 0.1) is 0 Å². The molecule has 23 heavy (non-hydrogen) atoms. The topological polar surface area (TPSA) is 26.3 Å². The Labute approximate surface area is 138 Å². The van der Waals surface area contributed by atoms with Gasteiger partial charge in [-0.05, 0) is 36.8 Å². The molecule has 0 bridgehead atoms. The second-order valence-electron chi connectivity index (χ2n) is 5.65. The summed E-state index contributed by atoms with van der Waals surface area (Å²) < 4.78 is 5.45. The van der Waals surface area contributed by atoms with E-state index >= 15 is 0 Å². The summed E-state index contributed by atoms with van der Waals surface area (Å²) in [6, 6.07) is 20.5. The molecule has 0 saturated heterocycles. The van der Waals surface area contributed by atoms with Crippen molar-refractivity contribution in [1.29, 1.82) is 0 Å². The molecule has 2 heteroatoms. The Kier molecular flexibility index (Phi) is 7.12. The van der Waals surface area contributed by atoms with E-state index in [1.807, 2.05) is 36.4 Å². The summed E-state index contributed by atoms with van der Waals surface area (Å²) in [4.78, 5) is 11.3. The van der Waals surface area contributed by atoms with Gasteiger partial charge in [-0.3, -0.25) is 4.79 Å². The van der Waals surface area contributed by atoms with Crippen molar-refractivity contribution in [3.63, 3.8) is 0 Å². The lowest BCUT2D eigenvalue weighted by Gasteiger charge is -2.16. The number of allylic oxidation sites excluding steroid dienone is 1. The van der Waals surface area contributed by atoms with Gasteiger partial charge in [0.15, 0.2) is 0 Å². The van der Waals surface area contributed by atoms with Crippen LogP contribution >= 0.6 is 0 Å². The third-order valence-electron chi connectivity index (χ3n) is 3.70. The van der Waals surface area contributed by atoms with E-state index in [2.05, 4.69) is 36.4 Å². The van der Waals surface area contributed by atoms with Crippen LogP contribution in [0.15, 0.2) is 66.7 Å². The highest BCUT2D eigenvalue weighted by Gasteiger charge is 2.11. The van der Waals surface area contributed by atoms with Crippen molar-refractivity contribution in [3.05, 3.63) is 77.9 Å². The number of hydrogen-bond donors (Lipinski definition) is 0. The van der Waals surface area contributed by atoms with Gasteiger partial charge in [-0.2, -0.15) is 0 Å². The summed E-state index contributed by atoms with van der Waals surface area (Å²) in [5.74, 6) is -0.199. The molecule has 0 heterocycles. The molecule has 0 aliphatic heterocycles. The van der Waals surface area contributed by atoms with Crippen LogP contribution in [0.4, 0.5) is 0 Å². The number of benzene rings is 2. The number of rotatable bonds is 8. The van der Waals surface area contributed by atoms with Crippen LogP contribution in [0.3, 0.4) is 0 Å². The van der Waals surface area contributed by atoms with Crippen LogP contribution in [0.5, 0.6) is 0 Å². The van der Waals surface area contributed by atoms with E-state index in [9.17, 15) is 4.79 Å². The molecule has 0 spiro atoms. The Bertz CT molecular complexity index is 602. The maximum Gasteiger partial charge on any atom is 0.302 e. The molecule has 2 aromatic rings. The predicted octanol–water partition coefficient (Wildman–Crippen LogP) is 5.04. The lowest BCUT2D eigenvalue weighted by molar-refractivity contribution is -0.146. The van der Waals surface area contributed by atoms with Crippen molar-refractivity contribution in [3.8, 4) is 0 Å². The maximum atomic E-state index is 11.3. The van der Waals surface area contributed by atoms with Gasteiger partial charge in [-0.15, -0.1) is 0 Å². The zero-order valence-corrected chi connectivity index (χ0v) is 13.7. The number of carbonyl (C=O) groups excluding carboxylic acids is 1. The molecular formula is C21H24O2. The van der Waals surface area contributed by atoms with E-state index in [1.54, 1.807) is 0 Å². The standard InChI is InChI=1S/C21H24O2/c1-18(22)23-21(17-16-20-12-6-3-7-13-20)15-9-8-14-19-10-4-2-5-11-19/h2-8,10-14,21H,9,15-17H2,1H3/b14-8+/t21-/m0/s1. The lowest BCUT2D eigenvalue weighted by Crippen LogP contribution is -2.17. The fourth-order valence-electron chi connectivity index (χ4n) is 2.53. The van der Waals surface area contributed by atoms with Gasteiger partial charge < -0.3 is 4.74 Å². The summed E-state index contributed by atoms with van der Waals surface area (Å²) in [6.45, 7) is 1.48. The second-order valence-corrected chi connectivity index (χ2v) is 5.65. The minimum absolute atomic E-state index is 0.0203. The Morgan fingerprint density at radius 1 is 1.00 bits per heavy atom. The number of ether oxygens (including phenoxy) is 1. The molecule has 0 N–H and O–H groups in total. The normalized spacial score (nSPS) is 12.2. The molecular weight excluding hydrogens is 284 g/mol. The van der Waals surface area contributed by atoms with Crippen LogP contribution in [0.25, 0.3) is 6.08 Å². The molecule has 2 aromatic carbocycles. The number of aryl methyl sites for hydroxylation is 1. The molecule has 0 saturated carbocycles. The van der Waals surface area contributed by atoms with Crippen molar-refractivity contribution in [2.24, 2.45) is 0 Å². The van der Waals surface area contributed by atoms with E-state index < -0.39 is 0 Å². The molecule has 2 rings (SSSR count). The number of hydrogen-bond acceptors (Lipinski definition) is 2. The minimum atomic E-state index is -0.199. The van der Waals surface area contributed by atoms with Gasteiger partial charge in [0, 0.05) is 6.92 Å². The first-order valence-corrected chi connectivity index (χ1v) is 8.17. The van der Waals surface area contributed by atoms with Crippen LogP contribution < -0.4 is 0 Å². The highest BCUT2D eigenvalue weighted by atomic mass is 16.5. The molecule has 0 amide bonds. The largest absolute Gasteiger partial charge is 0.463 e. The summed E-state index contributed by atoms with van der Waals surface area (Å²) in [5.41, 5.74) is 2.48. The van der Waals surface area contributed by atoms with Crippen LogP contribution in [0.1, 0.15) is 37.3 Å². The smallest absolute Gasteiger partial charge is 0.302 e. The van der Waals surface area contributed by atoms with Crippen molar-refractivity contribution < 1.29 is 9.53 Å². The van der Waals surface area contributed by atoms with E-state index in [0.29, 0.717) is 0 Å². The van der Waals surface area contributed by atoms with Crippen LogP contribution in [0.2, 0.25) is 0 Å². The first-order chi connectivity index (χ1) is 11.2. The molecule has 0 unspecified atom stereocenters. The van der Waals surface area contributed by atoms with Gasteiger partial charge in [0.25, 0.3) is 0 Å². The van der Waals surface area contributed by atoms with E-state index in [4.69, 9.17) is 4.74 Å². The Balaban J connectivity index is 1.81. The highest BCUT2D eigenvalue weighted by molar-refractivity contribution is 5.66. The number of carbonyl (C=O) groups is 1. The first kappa shape index (κ1) is 17.0. The summed E-state index contributed by atoms with van der Waals surface area (Å²) in [6.07, 6.45) is 7.80. The predicted molar refractivity (Wildman–Crippen MR) is 95.0 cm³/mol. The average molecular weight is 308 g/mol. The lowest BCUT2D eigenvalue weighted by atomic mass is 10.0. The zero-order chi connectivity index (χ0) is 16.3. The third kappa shape index (κ3) is 6.96. The number of esters is 1. The molecule has 120 valence electrons. The van der Waals surface area contributed by atoms with Gasteiger partial charge in [0.2, 0.25) is 0 Å². The molecule has 2 nitrogen and oxygen atoms in total. The van der Waals surface area contributed by atoms with Crippen molar-refractivity contribution in [2.45, 2.75) is 38.7 Å². The maximum absolute atomic E-state index is 11.3. The first-order valence-electron chi connectivity index (χ1n) is 8.17. The van der Waals surface area contributed by atoms with Crippen LogP contribution in [-0.4, -0.2) is 12.1 Å². The third-order valence-corrected chi connectivity index (χ3v) is 3.70. The summed E-state index contributed by atoms with van der Waals surface area (Å²) in [5, 5.41) is 0. The van der Waals surface area contributed by atoms with E-state index in [1.165, 1.54) is 18.1 Å². The van der Waals surface area contributed by atoms with Crippen molar-refractivity contribution >= 4 is 12.0 Å². The highest BCUT2D eigenvalue weighted by Crippen LogP contribution is 2.13. The Hall–Kier alpha value is -2.35. The molecule has 0 aliphatic carbocycles.